The lowest BCUT2D eigenvalue weighted by molar-refractivity contribution is 0.102. The molecular formula is C23H18FN3O2. The lowest BCUT2D eigenvalue weighted by Gasteiger charge is -2.06. The van der Waals surface area contributed by atoms with E-state index in [-0.39, 0.29) is 5.91 Å². The van der Waals surface area contributed by atoms with E-state index in [4.69, 9.17) is 4.74 Å². The van der Waals surface area contributed by atoms with Gasteiger partial charge in [0.15, 0.2) is 0 Å². The Bertz CT molecular complexity index is 1160. The molecule has 0 saturated carbocycles. The van der Waals surface area contributed by atoms with Crippen LogP contribution in [0.1, 0.15) is 10.4 Å². The Labute approximate surface area is 167 Å². The van der Waals surface area contributed by atoms with Crippen molar-refractivity contribution in [2.75, 3.05) is 12.4 Å². The van der Waals surface area contributed by atoms with Crippen LogP contribution in [0.2, 0.25) is 0 Å². The molecule has 0 bridgehead atoms. The number of para-hydroxylation sites is 1. The molecule has 1 aromatic heterocycles. The van der Waals surface area contributed by atoms with Crippen molar-refractivity contribution in [2.24, 2.45) is 0 Å². The third kappa shape index (κ3) is 4.01. The zero-order valence-electron chi connectivity index (χ0n) is 15.7. The molecule has 0 aliphatic heterocycles. The maximum Gasteiger partial charge on any atom is 0.259 e. The fraction of sp³-hybridized carbons (Fsp3) is 0.0435. The molecule has 0 radical (unpaired) electrons. The summed E-state index contributed by atoms with van der Waals surface area (Å²) in [5, 5.41) is 7.37. The molecule has 0 atom stereocenters. The Morgan fingerprint density at radius 1 is 1.00 bits per heavy atom. The lowest BCUT2D eigenvalue weighted by atomic mass is 10.1. The summed E-state index contributed by atoms with van der Waals surface area (Å²) in [6.45, 7) is 0. The van der Waals surface area contributed by atoms with Crippen molar-refractivity contribution in [1.82, 2.24) is 9.78 Å². The van der Waals surface area contributed by atoms with Gasteiger partial charge in [0.2, 0.25) is 0 Å². The number of aromatic nitrogens is 2. The van der Waals surface area contributed by atoms with Crippen molar-refractivity contribution >= 4 is 11.6 Å². The minimum absolute atomic E-state index is 0.367. The molecule has 1 amide bonds. The first-order valence-corrected chi connectivity index (χ1v) is 9.00. The fourth-order valence-corrected chi connectivity index (χ4v) is 3.00. The molecule has 6 heteroatoms. The number of nitrogens with one attached hydrogen (secondary N) is 1. The number of rotatable bonds is 5. The number of anilines is 1. The first-order chi connectivity index (χ1) is 14.1. The van der Waals surface area contributed by atoms with Gasteiger partial charge in [-0.25, -0.2) is 9.07 Å². The van der Waals surface area contributed by atoms with E-state index in [1.807, 2.05) is 54.6 Å². The van der Waals surface area contributed by atoms with Crippen LogP contribution in [0, 0.1) is 5.82 Å². The second kappa shape index (κ2) is 7.98. The predicted octanol–water partition coefficient (Wildman–Crippen LogP) is 4.94. The van der Waals surface area contributed by atoms with E-state index in [1.54, 1.807) is 30.1 Å². The lowest BCUT2D eigenvalue weighted by Crippen LogP contribution is -2.12. The Kier molecular flexibility index (Phi) is 5.07. The van der Waals surface area contributed by atoms with E-state index in [0.29, 0.717) is 22.7 Å². The number of halogens is 1. The first-order valence-electron chi connectivity index (χ1n) is 9.00. The molecule has 5 nitrogen and oxygen atoms in total. The van der Waals surface area contributed by atoms with Crippen LogP contribution in [0.25, 0.3) is 16.9 Å². The smallest absolute Gasteiger partial charge is 0.259 e. The number of methoxy groups -OCH3 is 1. The molecule has 0 fully saturated rings. The highest BCUT2D eigenvalue weighted by Gasteiger charge is 2.19. The zero-order chi connectivity index (χ0) is 20.2. The van der Waals surface area contributed by atoms with E-state index in [9.17, 15) is 9.18 Å². The number of amides is 1. The molecule has 0 aliphatic carbocycles. The standard InChI is InChI=1S/C23H18FN3O2/c1-29-20-12-5-7-16(13-20)22-21(15-27(26-22)19-10-3-2-4-11-19)23(28)25-18-9-6-8-17(24)14-18/h2-15H,1H3,(H,25,28). The van der Waals surface area contributed by atoms with E-state index in [2.05, 4.69) is 10.4 Å². The van der Waals surface area contributed by atoms with Crippen molar-refractivity contribution in [1.29, 1.82) is 0 Å². The molecule has 144 valence electrons. The predicted molar refractivity (Wildman–Crippen MR) is 110 cm³/mol. The fourth-order valence-electron chi connectivity index (χ4n) is 3.00. The normalized spacial score (nSPS) is 10.6. The molecule has 4 rings (SSSR count). The Morgan fingerprint density at radius 3 is 2.55 bits per heavy atom. The Hall–Kier alpha value is -3.93. The van der Waals surface area contributed by atoms with Crippen molar-refractivity contribution in [3.05, 3.63) is 96.4 Å². The minimum Gasteiger partial charge on any atom is -0.497 e. The van der Waals surface area contributed by atoms with Gasteiger partial charge in [0, 0.05) is 17.4 Å². The van der Waals surface area contributed by atoms with Gasteiger partial charge >= 0.3 is 0 Å². The molecule has 0 saturated heterocycles. The second-order valence-corrected chi connectivity index (χ2v) is 6.37. The van der Waals surface area contributed by atoms with E-state index in [0.717, 1.165) is 11.3 Å². The second-order valence-electron chi connectivity index (χ2n) is 6.37. The first kappa shape index (κ1) is 18.4. The van der Waals surface area contributed by atoms with Crippen molar-refractivity contribution in [2.45, 2.75) is 0 Å². The minimum atomic E-state index is -0.421. The number of carbonyl (C=O) groups is 1. The average molecular weight is 387 g/mol. The van der Waals surface area contributed by atoms with Crippen LogP contribution in [0.4, 0.5) is 10.1 Å². The topological polar surface area (TPSA) is 56.2 Å². The molecular weight excluding hydrogens is 369 g/mol. The van der Waals surface area contributed by atoms with Crippen LogP contribution in [0.3, 0.4) is 0 Å². The van der Waals surface area contributed by atoms with Crippen LogP contribution in [0.5, 0.6) is 5.75 Å². The number of nitrogens with zero attached hydrogens (tertiary/aromatic N) is 2. The SMILES string of the molecule is COc1cccc(-c2nn(-c3ccccc3)cc2C(=O)Nc2cccc(F)c2)c1. The quantitative estimate of drug-likeness (QED) is 0.528. The maximum atomic E-state index is 13.5. The van der Waals surface area contributed by atoms with Gasteiger partial charge in [-0.05, 0) is 42.5 Å². The molecule has 0 spiro atoms. The van der Waals surface area contributed by atoms with Gasteiger partial charge in [-0.15, -0.1) is 0 Å². The van der Waals surface area contributed by atoms with Crippen LogP contribution in [-0.2, 0) is 0 Å². The molecule has 0 aliphatic rings. The van der Waals surface area contributed by atoms with Crippen molar-refractivity contribution in [3.8, 4) is 22.7 Å². The summed E-state index contributed by atoms with van der Waals surface area (Å²) in [5.41, 5.74) is 2.80. The largest absolute Gasteiger partial charge is 0.497 e. The summed E-state index contributed by atoms with van der Waals surface area (Å²) in [4.78, 5) is 13.0. The zero-order valence-corrected chi connectivity index (χ0v) is 15.7. The number of benzene rings is 3. The van der Waals surface area contributed by atoms with Gasteiger partial charge in [0.1, 0.15) is 17.3 Å². The highest BCUT2D eigenvalue weighted by molar-refractivity contribution is 6.08. The summed E-state index contributed by atoms with van der Waals surface area (Å²) >= 11 is 0. The van der Waals surface area contributed by atoms with Crippen LogP contribution in [-0.4, -0.2) is 22.8 Å². The summed E-state index contributed by atoms with van der Waals surface area (Å²) in [7, 11) is 1.58. The van der Waals surface area contributed by atoms with E-state index >= 15 is 0 Å². The molecule has 29 heavy (non-hydrogen) atoms. The average Bonchev–Trinajstić information content (AvgIpc) is 3.20. The summed E-state index contributed by atoms with van der Waals surface area (Å²) in [6.07, 6.45) is 1.67. The maximum absolute atomic E-state index is 13.5. The molecule has 0 unspecified atom stereocenters. The van der Waals surface area contributed by atoms with Gasteiger partial charge < -0.3 is 10.1 Å². The summed E-state index contributed by atoms with van der Waals surface area (Å²) in [5.74, 6) is -0.139. The highest BCUT2D eigenvalue weighted by atomic mass is 19.1. The van der Waals surface area contributed by atoms with Crippen LogP contribution >= 0.6 is 0 Å². The number of hydrogen-bond donors (Lipinski definition) is 1. The van der Waals surface area contributed by atoms with Crippen LogP contribution < -0.4 is 10.1 Å². The molecule has 3 aromatic carbocycles. The number of hydrogen-bond acceptors (Lipinski definition) is 3. The van der Waals surface area contributed by atoms with Crippen molar-refractivity contribution in [3.63, 3.8) is 0 Å². The van der Waals surface area contributed by atoms with Crippen molar-refractivity contribution < 1.29 is 13.9 Å². The Balaban J connectivity index is 1.78. The molecule has 1 N–H and O–H groups in total. The van der Waals surface area contributed by atoms with Gasteiger partial charge in [-0.2, -0.15) is 5.10 Å². The highest BCUT2D eigenvalue weighted by Crippen LogP contribution is 2.27. The molecule has 1 heterocycles. The third-order valence-corrected chi connectivity index (χ3v) is 4.41. The summed E-state index contributed by atoms with van der Waals surface area (Å²) in [6, 6.07) is 22.6. The number of ether oxygens (including phenoxy) is 1. The summed E-state index contributed by atoms with van der Waals surface area (Å²) < 4.78 is 20.4. The van der Waals surface area contributed by atoms with Gasteiger partial charge in [0.25, 0.3) is 5.91 Å². The molecule has 4 aromatic rings. The van der Waals surface area contributed by atoms with E-state index < -0.39 is 5.82 Å². The van der Waals surface area contributed by atoms with E-state index in [1.165, 1.54) is 12.1 Å². The number of carbonyl (C=O) groups excluding carboxylic acids is 1. The van der Waals surface area contributed by atoms with Gasteiger partial charge in [0.05, 0.1) is 18.4 Å². The third-order valence-electron chi connectivity index (χ3n) is 4.41. The van der Waals surface area contributed by atoms with Gasteiger partial charge in [-0.1, -0.05) is 36.4 Å². The van der Waals surface area contributed by atoms with Crippen LogP contribution in [0.15, 0.2) is 85.1 Å². The Morgan fingerprint density at radius 2 is 1.79 bits per heavy atom. The van der Waals surface area contributed by atoms with Gasteiger partial charge in [-0.3, -0.25) is 4.79 Å². The monoisotopic (exact) mass is 387 g/mol.